The van der Waals surface area contributed by atoms with Gasteiger partial charge in [0.15, 0.2) is 0 Å². The highest BCUT2D eigenvalue weighted by molar-refractivity contribution is 8.02. The molecule has 2 nitrogen and oxygen atoms in total. The molecule has 2 aromatic carbocycles. The van der Waals surface area contributed by atoms with E-state index in [2.05, 4.69) is 119 Å². The van der Waals surface area contributed by atoms with Crippen LogP contribution < -0.4 is 10.6 Å². The molecule has 51 heavy (non-hydrogen) atoms. The van der Waals surface area contributed by atoms with Crippen molar-refractivity contribution in [3.05, 3.63) is 126 Å². The number of hydrogen-bond acceptors (Lipinski definition) is 3. The molecule has 0 radical (unpaired) electrons. The van der Waals surface area contributed by atoms with E-state index in [1.54, 1.807) is 18.7 Å². The first-order chi connectivity index (χ1) is 24.4. The van der Waals surface area contributed by atoms with E-state index >= 15 is 0 Å². The number of halogens is 1. The van der Waals surface area contributed by atoms with Gasteiger partial charge in [-0.25, -0.2) is 4.39 Å². The molecule has 0 saturated heterocycles. The number of terminal acetylenes is 1. The number of allylic oxidation sites excluding steroid dienone is 5. The van der Waals surface area contributed by atoms with Crippen LogP contribution in [-0.2, 0) is 6.42 Å². The molecule has 0 aliphatic heterocycles. The number of thioether (sulfide) groups is 1. The number of benzene rings is 2. The molecule has 286 valence electrons. The SMILES string of the molecule is C#CC.C=C(/C=C\C)CC.C=C(C)Nc1cccc(-c2cccc(CC)c2C)c1.C=CSCC(CCC)NC/C(C(=C)F)=C(/C)CC.CC.CC. The fourth-order valence-electron chi connectivity index (χ4n) is 4.46. The monoisotopic (exact) mass is 719 g/mol. The molecule has 0 amide bonds. The Morgan fingerprint density at radius 1 is 0.980 bits per heavy atom. The summed E-state index contributed by atoms with van der Waals surface area (Å²) in [5.74, 6) is 2.92. The molecule has 0 bridgehead atoms. The van der Waals surface area contributed by atoms with Gasteiger partial charge in [0, 0.05) is 29.7 Å². The molecule has 2 N–H and O–H groups in total. The Bertz CT molecular complexity index is 1330. The average Bonchev–Trinajstić information content (AvgIpc) is 3.13. The summed E-state index contributed by atoms with van der Waals surface area (Å²) in [6.07, 6.45) is 13.8. The normalized spacial score (nSPS) is 10.5. The molecule has 0 aliphatic carbocycles. The molecule has 2 aromatic rings. The van der Waals surface area contributed by atoms with Gasteiger partial charge in [-0.2, -0.15) is 0 Å². The van der Waals surface area contributed by atoms with Crippen LogP contribution in [0.1, 0.15) is 120 Å². The van der Waals surface area contributed by atoms with E-state index in [9.17, 15) is 4.39 Å². The summed E-state index contributed by atoms with van der Waals surface area (Å²) in [7, 11) is 0. The highest BCUT2D eigenvalue weighted by Crippen LogP contribution is 2.28. The van der Waals surface area contributed by atoms with Gasteiger partial charge >= 0.3 is 0 Å². The predicted octanol–water partition coefficient (Wildman–Crippen LogP) is 15.2. The molecule has 0 heterocycles. The number of rotatable bonds is 16. The third-order valence-corrected chi connectivity index (χ3v) is 8.04. The fraction of sp³-hybridized carbons (Fsp3) is 0.447. The van der Waals surface area contributed by atoms with Crippen molar-refractivity contribution >= 4 is 17.4 Å². The molecule has 0 saturated carbocycles. The maximum Gasteiger partial charge on any atom is 0.120 e. The van der Waals surface area contributed by atoms with Crippen molar-refractivity contribution in [1.82, 2.24) is 5.32 Å². The summed E-state index contributed by atoms with van der Waals surface area (Å²) in [4.78, 5) is 0. The van der Waals surface area contributed by atoms with E-state index in [-0.39, 0.29) is 5.83 Å². The Morgan fingerprint density at radius 2 is 1.57 bits per heavy atom. The molecule has 4 heteroatoms. The van der Waals surface area contributed by atoms with Crippen LogP contribution in [-0.4, -0.2) is 18.3 Å². The quantitative estimate of drug-likeness (QED) is 0.133. The van der Waals surface area contributed by atoms with Gasteiger partial charge in [0.05, 0.1) is 0 Å². The maximum absolute atomic E-state index is 13.4. The van der Waals surface area contributed by atoms with Gasteiger partial charge in [-0.15, -0.1) is 24.1 Å². The van der Waals surface area contributed by atoms with Crippen molar-refractivity contribution in [2.75, 3.05) is 17.6 Å². The lowest BCUT2D eigenvalue weighted by Gasteiger charge is -2.19. The minimum Gasteiger partial charge on any atom is -0.360 e. The molecule has 0 spiro atoms. The Hall–Kier alpha value is -3.52. The number of hydrogen-bond donors (Lipinski definition) is 2. The summed E-state index contributed by atoms with van der Waals surface area (Å²) in [5, 5.41) is 8.55. The average molecular weight is 719 g/mol. The van der Waals surface area contributed by atoms with Gasteiger partial charge in [-0.05, 0) is 106 Å². The predicted molar refractivity (Wildman–Crippen MR) is 238 cm³/mol. The van der Waals surface area contributed by atoms with Crippen molar-refractivity contribution in [1.29, 1.82) is 0 Å². The van der Waals surface area contributed by atoms with Gasteiger partial charge < -0.3 is 10.6 Å². The maximum atomic E-state index is 13.4. The summed E-state index contributed by atoms with van der Waals surface area (Å²) in [6.45, 7) is 41.7. The number of anilines is 1. The van der Waals surface area contributed by atoms with Gasteiger partial charge in [0.25, 0.3) is 0 Å². The zero-order chi connectivity index (χ0) is 40.2. The second-order valence-electron chi connectivity index (χ2n) is 11.1. The van der Waals surface area contributed by atoms with Crippen LogP contribution >= 0.6 is 11.8 Å². The molecule has 1 atom stereocenters. The molecule has 1 unspecified atom stereocenters. The van der Waals surface area contributed by atoms with Crippen LogP contribution in [0.5, 0.6) is 0 Å². The lowest BCUT2D eigenvalue weighted by atomic mass is 9.95. The first kappa shape index (κ1) is 54.3. The Kier molecular flexibility index (Phi) is 40.1. The van der Waals surface area contributed by atoms with E-state index in [4.69, 9.17) is 0 Å². The summed E-state index contributed by atoms with van der Waals surface area (Å²) in [5.41, 5.74) is 10.4. The van der Waals surface area contributed by atoms with Crippen LogP contribution in [0.15, 0.2) is 115 Å². The topological polar surface area (TPSA) is 24.1 Å². The summed E-state index contributed by atoms with van der Waals surface area (Å²) < 4.78 is 13.4. The Morgan fingerprint density at radius 3 is 2.00 bits per heavy atom. The molecule has 0 fully saturated rings. The van der Waals surface area contributed by atoms with Crippen LogP contribution in [0.4, 0.5) is 10.1 Å². The second-order valence-corrected chi connectivity index (χ2v) is 12.1. The largest absolute Gasteiger partial charge is 0.360 e. The third kappa shape index (κ3) is 27.8. The van der Waals surface area contributed by atoms with E-state index in [1.165, 1.54) is 27.8 Å². The standard InChI is InChI=1S/C18H21N.C15H26FNS.C7H12.C3H4.2C2H6/c1-5-15-8-7-11-18(14(15)4)16-9-6-10-17(12-16)19-13(2)3;1-6-9-14(11-18-8-3)17-10-15(13(5)16)12(4)7-2;1-4-6-7(3)5-2;1-3-2;2*1-2/h6-12,19H,2,5H2,1,3-4H3;8,14,17H,3,5-7,9-11H2,1-2,4H3;4,6H,3,5H2,1-2H3;1H,2H3;2*1-2H3/b;15-12+;6-4-;;;. The summed E-state index contributed by atoms with van der Waals surface area (Å²) in [6, 6.07) is 15.4. The minimum absolute atomic E-state index is 0.312. The smallest absolute Gasteiger partial charge is 0.120 e. The second kappa shape index (κ2) is 37.7. The first-order valence-corrected chi connectivity index (χ1v) is 19.7. The fourth-order valence-corrected chi connectivity index (χ4v) is 5.11. The van der Waals surface area contributed by atoms with Gasteiger partial charge in [0.1, 0.15) is 5.83 Å². The molecular formula is C47H75FN2S. The van der Waals surface area contributed by atoms with Crippen molar-refractivity contribution < 1.29 is 4.39 Å². The molecule has 0 aliphatic rings. The Balaban J connectivity index is -0.000000319. The van der Waals surface area contributed by atoms with Crippen LogP contribution in [0.3, 0.4) is 0 Å². The Labute approximate surface area is 321 Å². The van der Waals surface area contributed by atoms with Crippen molar-refractivity contribution in [3.8, 4) is 23.5 Å². The number of nitrogens with one attached hydrogen (secondary N) is 2. The van der Waals surface area contributed by atoms with Gasteiger partial charge in [0.2, 0.25) is 0 Å². The molecule has 0 aromatic heterocycles. The zero-order valence-electron chi connectivity index (χ0n) is 35.0. The minimum atomic E-state index is -0.312. The van der Waals surface area contributed by atoms with Crippen molar-refractivity contribution in [2.24, 2.45) is 0 Å². The van der Waals surface area contributed by atoms with Gasteiger partial charge in [-0.1, -0.05) is 142 Å². The van der Waals surface area contributed by atoms with Crippen LogP contribution in [0.25, 0.3) is 11.1 Å². The van der Waals surface area contributed by atoms with Crippen LogP contribution in [0, 0.1) is 19.3 Å². The van der Waals surface area contributed by atoms with Gasteiger partial charge in [-0.3, -0.25) is 0 Å². The highest BCUT2D eigenvalue weighted by Gasteiger charge is 2.11. The van der Waals surface area contributed by atoms with Crippen LogP contribution in [0.2, 0.25) is 0 Å². The molecular weight excluding hydrogens is 644 g/mol. The van der Waals surface area contributed by atoms with E-state index < -0.39 is 0 Å². The lowest BCUT2D eigenvalue weighted by molar-refractivity contribution is 0.527. The van der Waals surface area contributed by atoms with Crippen molar-refractivity contribution in [3.63, 3.8) is 0 Å². The summed E-state index contributed by atoms with van der Waals surface area (Å²) >= 11 is 1.70. The van der Waals surface area contributed by atoms with E-state index in [0.717, 1.165) is 60.4 Å². The van der Waals surface area contributed by atoms with Crippen molar-refractivity contribution in [2.45, 2.75) is 128 Å². The first-order valence-electron chi connectivity index (χ1n) is 18.7. The van der Waals surface area contributed by atoms with E-state index in [1.807, 2.05) is 72.9 Å². The highest BCUT2D eigenvalue weighted by atomic mass is 32.2. The zero-order valence-corrected chi connectivity index (χ0v) is 35.8. The van der Waals surface area contributed by atoms with E-state index in [0.29, 0.717) is 12.6 Å². The number of aryl methyl sites for hydroxylation is 1. The lowest BCUT2D eigenvalue weighted by Crippen LogP contribution is -2.33. The molecule has 2 rings (SSSR count). The third-order valence-electron chi connectivity index (χ3n) is 7.21.